The molecule has 1 rings (SSSR count). The molecule has 0 radical (unpaired) electrons. The van der Waals surface area contributed by atoms with E-state index in [9.17, 15) is 4.79 Å². The molecule has 7 nitrogen and oxygen atoms in total. The summed E-state index contributed by atoms with van der Waals surface area (Å²) in [5.74, 6) is 0.910. The lowest BCUT2D eigenvalue weighted by Gasteiger charge is -2.15. The molecular formula is C15H20O7. The third-order valence-corrected chi connectivity index (χ3v) is 2.56. The van der Waals surface area contributed by atoms with Crippen LogP contribution in [0.4, 0.5) is 0 Å². The maximum Gasteiger partial charge on any atom is 0.330 e. The minimum Gasteiger partial charge on any atom is -0.496 e. The summed E-state index contributed by atoms with van der Waals surface area (Å²) in [4.78, 5) is 11.2. The first-order valence-corrected chi connectivity index (χ1v) is 6.37. The molecule has 1 aromatic carbocycles. The van der Waals surface area contributed by atoms with E-state index >= 15 is 0 Å². The molecule has 0 atom stereocenters. The van der Waals surface area contributed by atoms with Crippen molar-refractivity contribution in [1.29, 1.82) is 0 Å². The van der Waals surface area contributed by atoms with Crippen LogP contribution in [0.25, 0.3) is 6.08 Å². The lowest BCUT2D eigenvalue weighted by Crippen LogP contribution is -2.05. The van der Waals surface area contributed by atoms with E-state index < -0.39 is 5.97 Å². The molecule has 0 aromatic heterocycles. The van der Waals surface area contributed by atoms with Crippen molar-refractivity contribution in [2.24, 2.45) is 0 Å². The van der Waals surface area contributed by atoms with Crippen LogP contribution in [0, 0.1) is 0 Å². The Morgan fingerprint density at radius 2 is 1.55 bits per heavy atom. The minimum atomic E-state index is -0.471. The third-order valence-electron chi connectivity index (χ3n) is 2.56. The van der Waals surface area contributed by atoms with Crippen molar-refractivity contribution in [3.8, 4) is 17.2 Å². The van der Waals surface area contributed by atoms with E-state index in [1.165, 1.54) is 34.5 Å². The Balaban J connectivity index is 3.14. The maximum absolute atomic E-state index is 11.2. The van der Waals surface area contributed by atoms with Crippen molar-refractivity contribution in [2.45, 2.75) is 0 Å². The van der Waals surface area contributed by atoms with Crippen LogP contribution in [0.2, 0.25) is 0 Å². The fraction of sp³-hybridized carbons (Fsp3) is 0.400. The van der Waals surface area contributed by atoms with Crippen LogP contribution < -0.4 is 14.2 Å². The topological polar surface area (TPSA) is 72.5 Å². The standard InChI is InChI=1S/C15H20O7/c1-17-9-21-13-7-11(5-6-15(16)20-4)12(19-3)8-14(13)22-10-18-2/h5-8H,9-10H2,1-4H3/b6-5+. The SMILES string of the molecule is COCOc1cc(/C=C/C(=O)OC)c(OC)cc1OCOC. The summed E-state index contributed by atoms with van der Waals surface area (Å²) in [6, 6.07) is 3.31. The van der Waals surface area contributed by atoms with E-state index in [1.807, 2.05) is 0 Å². The summed E-state index contributed by atoms with van der Waals surface area (Å²) in [5, 5.41) is 0. The second-order valence-electron chi connectivity index (χ2n) is 4.00. The first kappa shape index (κ1) is 17.8. The van der Waals surface area contributed by atoms with E-state index in [0.29, 0.717) is 22.8 Å². The number of esters is 1. The molecule has 0 aliphatic rings. The molecule has 0 saturated carbocycles. The third kappa shape index (κ3) is 5.27. The largest absolute Gasteiger partial charge is 0.496 e. The van der Waals surface area contributed by atoms with Crippen LogP contribution in [-0.2, 0) is 19.0 Å². The zero-order valence-corrected chi connectivity index (χ0v) is 13.1. The van der Waals surface area contributed by atoms with Gasteiger partial charge in [-0.3, -0.25) is 0 Å². The highest BCUT2D eigenvalue weighted by atomic mass is 16.7. The number of hydrogen-bond donors (Lipinski definition) is 0. The molecule has 0 heterocycles. The molecular weight excluding hydrogens is 292 g/mol. The lowest BCUT2D eigenvalue weighted by molar-refractivity contribution is -0.134. The van der Waals surface area contributed by atoms with Crippen LogP contribution in [0.15, 0.2) is 18.2 Å². The Kier molecular flexibility index (Phi) is 7.80. The number of rotatable bonds is 9. The number of methoxy groups -OCH3 is 4. The molecule has 0 saturated heterocycles. The minimum absolute atomic E-state index is 0.0514. The zero-order valence-electron chi connectivity index (χ0n) is 13.1. The van der Waals surface area contributed by atoms with E-state index in [-0.39, 0.29) is 13.6 Å². The van der Waals surface area contributed by atoms with Gasteiger partial charge in [-0.05, 0) is 12.1 Å². The summed E-state index contributed by atoms with van der Waals surface area (Å²) in [7, 11) is 5.84. The van der Waals surface area contributed by atoms with Crippen LogP contribution in [0.3, 0.4) is 0 Å². The molecule has 0 fully saturated rings. The average Bonchev–Trinajstić information content (AvgIpc) is 2.55. The maximum atomic E-state index is 11.2. The van der Waals surface area contributed by atoms with Gasteiger partial charge in [0.2, 0.25) is 0 Å². The molecule has 0 spiro atoms. The lowest BCUT2D eigenvalue weighted by atomic mass is 10.1. The van der Waals surface area contributed by atoms with Crippen LogP contribution in [0.5, 0.6) is 17.2 Å². The summed E-state index contributed by atoms with van der Waals surface area (Å²) < 4.78 is 30.5. The monoisotopic (exact) mass is 312 g/mol. The van der Waals surface area contributed by atoms with E-state index in [1.54, 1.807) is 18.2 Å². The van der Waals surface area contributed by atoms with Gasteiger partial charge in [-0.2, -0.15) is 0 Å². The quantitative estimate of drug-likeness (QED) is 0.391. The van der Waals surface area contributed by atoms with Crippen molar-refractivity contribution in [3.63, 3.8) is 0 Å². The first-order valence-electron chi connectivity index (χ1n) is 6.37. The van der Waals surface area contributed by atoms with Crippen molar-refractivity contribution < 1.29 is 33.2 Å². The average molecular weight is 312 g/mol. The van der Waals surface area contributed by atoms with Gasteiger partial charge in [0.25, 0.3) is 0 Å². The molecule has 0 aliphatic carbocycles. The number of carbonyl (C=O) groups is 1. The summed E-state index contributed by atoms with van der Waals surface area (Å²) in [6.07, 6.45) is 2.85. The van der Waals surface area contributed by atoms with Gasteiger partial charge in [0.05, 0.1) is 14.2 Å². The number of hydrogen-bond acceptors (Lipinski definition) is 7. The van der Waals surface area contributed by atoms with Gasteiger partial charge in [0.1, 0.15) is 5.75 Å². The summed E-state index contributed by atoms with van der Waals surface area (Å²) in [5.41, 5.74) is 0.628. The van der Waals surface area contributed by atoms with Gasteiger partial charge >= 0.3 is 5.97 Å². The fourth-order valence-electron chi connectivity index (χ4n) is 1.56. The van der Waals surface area contributed by atoms with E-state index in [4.69, 9.17) is 23.7 Å². The van der Waals surface area contributed by atoms with Crippen molar-refractivity contribution >= 4 is 12.0 Å². The molecule has 0 bridgehead atoms. The fourth-order valence-corrected chi connectivity index (χ4v) is 1.56. The van der Waals surface area contributed by atoms with Crippen LogP contribution >= 0.6 is 0 Å². The van der Waals surface area contributed by atoms with Crippen LogP contribution in [-0.4, -0.2) is 48.0 Å². The Bertz CT molecular complexity index is 511. The molecule has 7 heteroatoms. The molecule has 0 amide bonds. The van der Waals surface area contributed by atoms with Gasteiger partial charge in [0.15, 0.2) is 25.1 Å². The molecule has 1 aromatic rings. The van der Waals surface area contributed by atoms with Crippen LogP contribution in [0.1, 0.15) is 5.56 Å². The van der Waals surface area contributed by atoms with E-state index in [2.05, 4.69) is 4.74 Å². The normalized spacial score (nSPS) is 10.5. The molecule has 0 unspecified atom stereocenters. The Morgan fingerprint density at radius 1 is 0.955 bits per heavy atom. The Hall–Kier alpha value is -2.25. The predicted octanol–water partition coefficient (Wildman–Crippen LogP) is 1.85. The molecule has 122 valence electrons. The van der Waals surface area contributed by atoms with Gasteiger partial charge in [-0.1, -0.05) is 0 Å². The smallest absolute Gasteiger partial charge is 0.330 e. The van der Waals surface area contributed by atoms with Gasteiger partial charge in [-0.15, -0.1) is 0 Å². The van der Waals surface area contributed by atoms with Gasteiger partial charge < -0.3 is 28.4 Å². The number of ether oxygens (including phenoxy) is 6. The molecule has 22 heavy (non-hydrogen) atoms. The van der Waals surface area contributed by atoms with Gasteiger partial charge in [0, 0.05) is 31.9 Å². The Labute approximate surface area is 129 Å². The second kappa shape index (κ2) is 9.64. The predicted molar refractivity (Wildman–Crippen MR) is 79.1 cm³/mol. The summed E-state index contributed by atoms with van der Waals surface area (Å²) in [6.45, 7) is 0.111. The molecule has 0 N–H and O–H groups in total. The van der Waals surface area contributed by atoms with Crippen molar-refractivity contribution in [1.82, 2.24) is 0 Å². The van der Waals surface area contributed by atoms with Gasteiger partial charge in [-0.25, -0.2) is 4.79 Å². The number of benzene rings is 1. The Morgan fingerprint density at radius 3 is 2.05 bits per heavy atom. The highest BCUT2D eigenvalue weighted by Crippen LogP contribution is 2.35. The number of carbonyl (C=O) groups excluding carboxylic acids is 1. The zero-order chi connectivity index (χ0) is 16.4. The molecule has 0 aliphatic heterocycles. The highest BCUT2D eigenvalue weighted by molar-refractivity contribution is 5.87. The van der Waals surface area contributed by atoms with Crippen molar-refractivity contribution in [3.05, 3.63) is 23.8 Å². The summed E-state index contributed by atoms with van der Waals surface area (Å²) >= 11 is 0. The van der Waals surface area contributed by atoms with E-state index in [0.717, 1.165) is 0 Å². The highest BCUT2D eigenvalue weighted by Gasteiger charge is 2.12. The van der Waals surface area contributed by atoms with Crippen molar-refractivity contribution in [2.75, 3.05) is 42.0 Å². The first-order chi connectivity index (χ1) is 10.7. The second-order valence-corrected chi connectivity index (χ2v) is 4.00.